The van der Waals surface area contributed by atoms with E-state index in [4.69, 9.17) is 4.43 Å². The summed E-state index contributed by atoms with van der Waals surface area (Å²) in [5.41, 5.74) is 0. The fourth-order valence-corrected chi connectivity index (χ4v) is 2.68. The summed E-state index contributed by atoms with van der Waals surface area (Å²) < 4.78 is 5.28. The Morgan fingerprint density at radius 2 is 1.17 bits per heavy atom. The van der Waals surface area contributed by atoms with Crippen molar-refractivity contribution in [1.29, 1.82) is 0 Å². The highest BCUT2D eigenvalue weighted by molar-refractivity contribution is 5.98. The normalized spacial score (nSPS) is 12.8. The highest BCUT2D eigenvalue weighted by Gasteiger charge is 2.04. The lowest BCUT2D eigenvalue weighted by molar-refractivity contribution is 0.192. The highest BCUT2D eigenvalue weighted by atomic mass is 28.2. The summed E-state index contributed by atoms with van der Waals surface area (Å²) >= 11 is 0. The van der Waals surface area contributed by atoms with Crippen molar-refractivity contribution >= 4 is 10.5 Å². The van der Waals surface area contributed by atoms with E-state index in [1.54, 1.807) is 0 Å². The monoisotopic (exact) mass is 269 g/mol. The molecule has 1 unspecified atom stereocenters. The summed E-state index contributed by atoms with van der Waals surface area (Å²) in [5.74, 6) is 0. The summed E-state index contributed by atoms with van der Waals surface area (Å²) in [7, 11) is 3.19. The third-order valence-electron chi connectivity index (χ3n) is 3.66. The zero-order valence-corrected chi connectivity index (χ0v) is 13.7. The first-order chi connectivity index (χ1) is 8.85. The Balaban J connectivity index is 3.10. The lowest BCUT2D eigenvalue weighted by Crippen LogP contribution is -2.10. The topological polar surface area (TPSA) is 9.23 Å². The largest absolute Gasteiger partial charge is 0.416 e. The molecule has 0 saturated carbocycles. The molecular weight excluding hydrogens is 236 g/mol. The Bertz CT molecular complexity index is 150. The molecule has 0 N–H and O–H groups in total. The Labute approximate surface area is 119 Å². The SMILES string of the molecule is CCCCCCCCCCCCC(CCC)O[Si]. The average molecular weight is 270 g/mol. The van der Waals surface area contributed by atoms with Crippen molar-refractivity contribution in [2.45, 2.75) is 103 Å². The lowest BCUT2D eigenvalue weighted by atomic mass is 10.0. The smallest absolute Gasteiger partial charge is 0.246 e. The molecule has 0 amide bonds. The van der Waals surface area contributed by atoms with Crippen molar-refractivity contribution in [3.63, 3.8) is 0 Å². The maximum atomic E-state index is 5.28. The predicted molar refractivity (Wildman–Crippen MR) is 82.0 cm³/mol. The molecule has 18 heavy (non-hydrogen) atoms. The van der Waals surface area contributed by atoms with Gasteiger partial charge in [0, 0.05) is 6.10 Å². The average Bonchev–Trinajstić information content (AvgIpc) is 2.39. The lowest BCUT2D eigenvalue weighted by Gasteiger charge is -2.13. The maximum absolute atomic E-state index is 5.28. The van der Waals surface area contributed by atoms with Gasteiger partial charge in [-0.2, -0.15) is 0 Å². The summed E-state index contributed by atoms with van der Waals surface area (Å²) in [6.45, 7) is 4.50. The van der Waals surface area contributed by atoms with Crippen LogP contribution in [0.2, 0.25) is 0 Å². The number of hydrogen-bond acceptors (Lipinski definition) is 1. The van der Waals surface area contributed by atoms with Crippen LogP contribution in [-0.4, -0.2) is 16.6 Å². The minimum atomic E-state index is 0.431. The molecular formula is C16H33OSi. The molecule has 0 aromatic rings. The molecule has 0 aliphatic heterocycles. The fourth-order valence-electron chi connectivity index (χ4n) is 2.44. The van der Waals surface area contributed by atoms with Crippen LogP contribution in [0.5, 0.6) is 0 Å². The predicted octanol–water partition coefficient (Wildman–Crippen LogP) is 5.57. The molecule has 2 heteroatoms. The first kappa shape index (κ1) is 18.2. The van der Waals surface area contributed by atoms with Crippen LogP contribution in [0.3, 0.4) is 0 Å². The molecule has 107 valence electrons. The van der Waals surface area contributed by atoms with Crippen molar-refractivity contribution in [3.05, 3.63) is 0 Å². The summed E-state index contributed by atoms with van der Waals surface area (Å²) in [4.78, 5) is 0. The highest BCUT2D eigenvalue weighted by Crippen LogP contribution is 2.14. The van der Waals surface area contributed by atoms with Crippen molar-refractivity contribution in [3.8, 4) is 0 Å². The summed E-state index contributed by atoms with van der Waals surface area (Å²) in [6.07, 6.45) is 18.1. The Morgan fingerprint density at radius 3 is 1.61 bits per heavy atom. The van der Waals surface area contributed by atoms with Gasteiger partial charge in [0.1, 0.15) is 0 Å². The van der Waals surface area contributed by atoms with Crippen molar-refractivity contribution < 1.29 is 4.43 Å². The summed E-state index contributed by atoms with van der Waals surface area (Å²) in [5, 5.41) is 0. The van der Waals surface area contributed by atoms with Crippen molar-refractivity contribution in [2.75, 3.05) is 0 Å². The van der Waals surface area contributed by atoms with Gasteiger partial charge in [0.05, 0.1) is 0 Å². The van der Waals surface area contributed by atoms with Gasteiger partial charge >= 0.3 is 0 Å². The minimum Gasteiger partial charge on any atom is -0.416 e. The second-order valence-electron chi connectivity index (χ2n) is 5.50. The number of hydrogen-bond donors (Lipinski definition) is 0. The van der Waals surface area contributed by atoms with E-state index < -0.39 is 0 Å². The van der Waals surface area contributed by atoms with E-state index in [-0.39, 0.29) is 0 Å². The molecule has 1 nitrogen and oxygen atoms in total. The van der Waals surface area contributed by atoms with E-state index in [2.05, 4.69) is 24.3 Å². The molecule has 0 spiro atoms. The molecule has 0 aliphatic rings. The van der Waals surface area contributed by atoms with Crippen molar-refractivity contribution in [1.82, 2.24) is 0 Å². The zero-order chi connectivity index (χ0) is 13.5. The molecule has 1 atom stereocenters. The van der Waals surface area contributed by atoms with Crippen LogP contribution in [0.4, 0.5) is 0 Å². The van der Waals surface area contributed by atoms with Crippen LogP contribution in [0.25, 0.3) is 0 Å². The zero-order valence-electron chi connectivity index (χ0n) is 12.7. The second-order valence-corrected chi connectivity index (χ2v) is 5.73. The van der Waals surface area contributed by atoms with Crippen LogP contribution in [-0.2, 0) is 4.43 Å². The molecule has 0 fully saturated rings. The van der Waals surface area contributed by atoms with E-state index in [9.17, 15) is 0 Å². The first-order valence-electron chi connectivity index (χ1n) is 8.17. The number of rotatable bonds is 14. The third-order valence-corrected chi connectivity index (χ3v) is 3.99. The van der Waals surface area contributed by atoms with Gasteiger partial charge in [-0.3, -0.25) is 0 Å². The van der Waals surface area contributed by atoms with E-state index in [1.165, 1.54) is 83.5 Å². The molecule has 0 bridgehead atoms. The van der Waals surface area contributed by atoms with Gasteiger partial charge in [0.2, 0.25) is 10.5 Å². The van der Waals surface area contributed by atoms with Gasteiger partial charge in [0.15, 0.2) is 0 Å². The molecule has 0 rings (SSSR count). The molecule has 0 saturated heterocycles. The van der Waals surface area contributed by atoms with Gasteiger partial charge in [-0.1, -0.05) is 84.5 Å². The minimum absolute atomic E-state index is 0.431. The quantitative estimate of drug-likeness (QED) is 0.296. The molecule has 0 heterocycles. The second kappa shape index (κ2) is 15.2. The van der Waals surface area contributed by atoms with E-state index in [0.717, 1.165) is 0 Å². The van der Waals surface area contributed by atoms with Gasteiger partial charge < -0.3 is 4.43 Å². The first-order valence-corrected chi connectivity index (χ1v) is 8.58. The van der Waals surface area contributed by atoms with Crippen LogP contribution < -0.4 is 0 Å². The molecule has 0 aliphatic carbocycles. The van der Waals surface area contributed by atoms with Crippen LogP contribution in [0.15, 0.2) is 0 Å². The maximum Gasteiger partial charge on any atom is 0.246 e. The number of unbranched alkanes of at least 4 members (excludes halogenated alkanes) is 9. The molecule has 0 aromatic heterocycles. The Hall–Kier alpha value is 0.177. The third kappa shape index (κ3) is 12.6. The van der Waals surface area contributed by atoms with E-state index >= 15 is 0 Å². The summed E-state index contributed by atoms with van der Waals surface area (Å²) in [6, 6.07) is 0. The Morgan fingerprint density at radius 1 is 0.667 bits per heavy atom. The van der Waals surface area contributed by atoms with Gasteiger partial charge in [-0.05, 0) is 12.8 Å². The molecule has 3 radical (unpaired) electrons. The van der Waals surface area contributed by atoms with E-state index in [0.29, 0.717) is 6.10 Å². The van der Waals surface area contributed by atoms with Gasteiger partial charge in [-0.15, -0.1) is 0 Å². The van der Waals surface area contributed by atoms with Crippen LogP contribution >= 0.6 is 0 Å². The van der Waals surface area contributed by atoms with Gasteiger partial charge in [-0.25, -0.2) is 0 Å². The van der Waals surface area contributed by atoms with Gasteiger partial charge in [0.25, 0.3) is 0 Å². The fraction of sp³-hybridized carbons (Fsp3) is 1.00. The van der Waals surface area contributed by atoms with E-state index in [1.807, 2.05) is 0 Å². The standard InChI is InChI=1S/C16H33OSi/c1-3-5-6-7-8-9-10-11-12-13-15-16(17-18)14-4-2/h16H,3-15H2,1-2H3. The van der Waals surface area contributed by atoms with Crippen LogP contribution in [0, 0.1) is 0 Å². The van der Waals surface area contributed by atoms with Crippen LogP contribution in [0.1, 0.15) is 97.3 Å². The molecule has 0 aromatic carbocycles. The van der Waals surface area contributed by atoms with Crippen molar-refractivity contribution in [2.24, 2.45) is 0 Å². The Kier molecular flexibility index (Phi) is 15.4.